The molecule has 1 aromatic carbocycles. The summed E-state index contributed by atoms with van der Waals surface area (Å²) in [6, 6.07) is 8.53. The van der Waals surface area contributed by atoms with Crippen LogP contribution in [0, 0.1) is 0 Å². The molecule has 25 heavy (non-hydrogen) atoms. The Hall–Kier alpha value is -1.69. The number of benzene rings is 1. The van der Waals surface area contributed by atoms with Gasteiger partial charge < -0.3 is 14.4 Å². The molecule has 0 saturated heterocycles. The number of aliphatic hydroxyl groups excluding tert-OH is 1. The fourth-order valence-electron chi connectivity index (χ4n) is 4.13. The van der Waals surface area contributed by atoms with Crippen molar-refractivity contribution in [1.29, 1.82) is 0 Å². The van der Waals surface area contributed by atoms with Crippen molar-refractivity contribution in [3.63, 3.8) is 0 Å². The number of ether oxygens (including phenoxy) is 1. The number of aryl methyl sites for hydroxylation is 2. The second-order valence-corrected chi connectivity index (χ2v) is 7.30. The summed E-state index contributed by atoms with van der Waals surface area (Å²) >= 11 is 0. The fraction of sp³-hybridized carbons (Fsp3) is 0.550. The third kappa shape index (κ3) is 3.64. The fourth-order valence-corrected chi connectivity index (χ4v) is 4.13. The average molecular weight is 341 g/mol. The van der Waals surface area contributed by atoms with Crippen molar-refractivity contribution in [2.24, 2.45) is 7.05 Å². The Labute approximate surface area is 149 Å². The van der Waals surface area contributed by atoms with Gasteiger partial charge in [0.15, 0.2) is 0 Å². The van der Waals surface area contributed by atoms with Gasteiger partial charge in [-0.15, -0.1) is 0 Å². The van der Waals surface area contributed by atoms with Crippen LogP contribution in [0.2, 0.25) is 0 Å². The lowest BCUT2D eigenvalue weighted by Crippen LogP contribution is -2.39. The Morgan fingerprint density at radius 3 is 3.12 bits per heavy atom. The summed E-state index contributed by atoms with van der Waals surface area (Å²) in [4.78, 5) is 6.74. The first-order valence-electron chi connectivity index (χ1n) is 9.29. The predicted octanol–water partition coefficient (Wildman–Crippen LogP) is 2.23. The van der Waals surface area contributed by atoms with Crippen molar-refractivity contribution in [2.45, 2.75) is 44.4 Å². The minimum Gasteiger partial charge on any atom is -0.389 e. The van der Waals surface area contributed by atoms with Gasteiger partial charge in [-0.1, -0.05) is 24.3 Å². The predicted molar refractivity (Wildman–Crippen MR) is 96.3 cm³/mol. The van der Waals surface area contributed by atoms with Crippen LogP contribution in [-0.2, 0) is 31.2 Å². The lowest BCUT2D eigenvalue weighted by molar-refractivity contribution is -0.0295. The molecule has 2 aliphatic rings. The number of hydrogen-bond acceptors (Lipinski definition) is 4. The molecule has 0 radical (unpaired) electrons. The third-order valence-electron chi connectivity index (χ3n) is 5.46. The van der Waals surface area contributed by atoms with Crippen molar-refractivity contribution in [2.75, 3.05) is 19.7 Å². The zero-order valence-corrected chi connectivity index (χ0v) is 14.9. The summed E-state index contributed by atoms with van der Waals surface area (Å²) in [7, 11) is 2.05. The second-order valence-electron chi connectivity index (χ2n) is 7.30. The van der Waals surface area contributed by atoms with E-state index in [0.29, 0.717) is 13.2 Å². The summed E-state index contributed by atoms with van der Waals surface area (Å²) in [5.74, 6) is 0. The topological polar surface area (TPSA) is 50.5 Å². The van der Waals surface area contributed by atoms with Crippen LogP contribution in [0.4, 0.5) is 0 Å². The zero-order valence-electron chi connectivity index (χ0n) is 14.9. The van der Waals surface area contributed by atoms with Gasteiger partial charge in [-0.3, -0.25) is 4.90 Å². The molecule has 1 aromatic heterocycles. The van der Waals surface area contributed by atoms with E-state index >= 15 is 0 Å². The maximum absolute atomic E-state index is 10.4. The van der Waals surface area contributed by atoms with Crippen molar-refractivity contribution in [1.82, 2.24) is 14.5 Å². The van der Waals surface area contributed by atoms with Crippen LogP contribution in [0.1, 0.15) is 41.5 Å². The lowest BCUT2D eigenvalue weighted by Gasteiger charge is -2.30. The van der Waals surface area contributed by atoms with Crippen LogP contribution in [0.5, 0.6) is 0 Å². The van der Waals surface area contributed by atoms with E-state index in [1.165, 1.54) is 16.8 Å². The van der Waals surface area contributed by atoms with Gasteiger partial charge in [0.1, 0.15) is 0 Å². The van der Waals surface area contributed by atoms with Gasteiger partial charge in [-0.25, -0.2) is 4.98 Å². The quantitative estimate of drug-likeness (QED) is 0.906. The molecule has 5 heteroatoms. The highest BCUT2D eigenvalue weighted by Crippen LogP contribution is 2.32. The molecule has 0 bridgehead atoms. The maximum Gasteiger partial charge on any atom is 0.0949 e. The molecule has 1 aliphatic carbocycles. The first kappa shape index (κ1) is 16.8. The number of aromatic nitrogens is 2. The highest BCUT2D eigenvalue weighted by molar-refractivity contribution is 5.31. The molecule has 0 fully saturated rings. The molecule has 2 atom stereocenters. The monoisotopic (exact) mass is 341 g/mol. The molecule has 1 aliphatic heterocycles. The zero-order chi connectivity index (χ0) is 17.2. The highest BCUT2D eigenvalue weighted by atomic mass is 16.5. The Balaban J connectivity index is 1.30. The van der Waals surface area contributed by atoms with Crippen molar-refractivity contribution < 1.29 is 9.84 Å². The summed E-state index contributed by atoms with van der Waals surface area (Å²) in [6.45, 7) is 2.82. The van der Waals surface area contributed by atoms with Gasteiger partial charge in [-0.05, 0) is 30.4 Å². The van der Waals surface area contributed by atoms with E-state index in [2.05, 4.69) is 38.7 Å². The minimum absolute atomic E-state index is 0.128. The Morgan fingerprint density at radius 1 is 1.32 bits per heavy atom. The first-order valence-corrected chi connectivity index (χ1v) is 9.29. The van der Waals surface area contributed by atoms with Crippen molar-refractivity contribution in [3.8, 4) is 0 Å². The number of aliphatic hydroxyl groups is 1. The van der Waals surface area contributed by atoms with Gasteiger partial charge in [-0.2, -0.15) is 0 Å². The van der Waals surface area contributed by atoms with E-state index < -0.39 is 6.10 Å². The number of nitrogens with zero attached hydrogens (tertiary/aromatic N) is 3. The largest absolute Gasteiger partial charge is 0.389 e. The van der Waals surface area contributed by atoms with Crippen molar-refractivity contribution in [3.05, 3.63) is 53.1 Å². The number of fused-ring (bicyclic) bond motifs is 2. The molecule has 0 amide bonds. The second kappa shape index (κ2) is 7.28. The number of rotatable bonds is 5. The van der Waals surface area contributed by atoms with Crippen LogP contribution in [-0.4, -0.2) is 45.4 Å². The van der Waals surface area contributed by atoms with E-state index in [1.54, 1.807) is 0 Å². The summed E-state index contributed by atoms with van der Waals surface area (Å²) in [5.41, 5.74) is 5.16. The molecule has 4 rings (SSSR count). The Kier molecular flexibility index (Phi) is 4.88. The molecule has 5 nitrogen and oxygen atoms in total. The van der Waals surface area contributed by atoms with E-state index in [0.717, 1.165) is 44.5 Å². The van der Waals surface area contributed by atoms with Crippen LogP contribution >= 0.6 is 0 Å². The molecule has 2 aromatic rings. The van der Waals surface area contributed by atoms with Gasteiger partial charge in [0.05, 0.1) is 30.8 Å². The van der Waals surface area contributed by atoms with Crippen molar-refractivity contribution >= 4 is 0 Å². The Morgan fingerprint density at radius 2 is 2.20 bits per heavy atom. The summed E-state index contributed by atoms with van der Waals surface area (Å²) in [6.07, 6.45) is 5.89. The lowest BCUT2D eigenvalue weighted by atomic mass is 9.89. The number of imidazole rings is 1. The molecule has 2 heterocycles. The molecule has 1 N–H and O–H groups in total. The average Bonchev–Trinajstić information content (AvgIpc) is 3.00. The molecule has 0 saturated carbocycles. The Bertz CT molecular complexity index is 727. The van der Waals surface area contributed by atoms with Crippen LogP contribution in [0.25, 0.3) is 0 Å². The number of β-amino-alcohol motifs (C(OH)–C–C–N with tert-alkyl or cyclic N) is 1. The van der Waals surface area contributed by atoms with Crippen LogP contribution in [0.3, 0.4) is 0 Å². The van der Waals surface area contributed by atoms with Gasteiger partial charge >= 0.3 is 0 Å². The number of hydrogen-bond donors (Lipinski definition) is 1. The standard InChI is InChI=1S/C20H27N3O2/c1-22-14-21-18-12-23(10-9-19(18)22)11-16(24)13-25-20-8-4-6-15-5-2-3-7-17(15)20/h2-3,5,7,14,16,20,24H,4,6,8-13H2,1H3/t16-,20+/m0/s1. The van der Waals surface area contributed by atoms with Gasteiger partial charge in [0.2, 0.25) is 0 Å². The maximum atomic E-state index is 10.4. The highest BCUT2D eigenvalue weighted by Gasteiger charge is 2.24. The van der Waals surface area contributed by atoms with E-state index in [-0.39, 0.29) is 6.10 Å². The van der Waals surface area contributed by atoms with Crippen LogP contribution in [0.15, 0.2) is 30.6 Å². The van der Waals surface area contributed by atoms with E-state index in [1.807, 2.05) is 13.4 Å². The summed E-state index contributed by atoms with van der Waals surface area (Å²) in [5, 5.41) is 10.4. The molecule has 0 unspecified atom stereocenters. The van der Waals surface area contributed by atoms with Gasteiger partial charge in [0.25, 0.3) is 0 Å². The van der Waals surface area contributed by atoms with E-state index in [4.69, 9.17) is 4.74 Å². The molecular formula is C20H27N3O2. The van der Waals surface area contributed by atoms with E-state index in [9.17, 15) is 5.11 Å². The molecule has 134 valence electrons. The minimum atomic E-state index is -0.459. The normalized spacial score (nSPS) is 21.6. The van der Waals surface area contributed by atoms with Crippen LogP contribution < -0.4 is 0 Å². The smallest absolute Gasteiger partial charge is 0.0949 e. The molecular weight excluding hydrogens is 314 g/mol. The first-order chi connectivity index (χ1) is 12.2. The SMILES string of the molecule is Cn1cnc2c1CCN(C[C@H](O)CO[C@@H]1CCCc3ccccc31)C2. The molecule has 0 spiro atoms. The summed E-state index contributed by atoms with van der Waals surface area (Å²) < 4.78 is 8.19. The van der Waals surface area contributed by atoms with Gasteiger partial charge in [0, 0.05) is 38.8 Å². The third-order valence-corrected chi connectivity index (χ3v) is 5.46.